The van der Waals surface area contributed by atoms with Gasteiger partial charge in [-0.25, -0.2) is 0 Å². The fourth-order valence-corrected chi connectivity index (χ4v) is 3.33. The quantitative estimate of drug-likeness (QED) is 0.721. The minimum Gasteiger partial charge on any atom is -0.314 e. The molecule has 5 atom stereocenters. The maximum atomic E-state index is 3.62. The van der Waals surface area contributed by atoms with Gasteiger partial charge >= 0.3 is 0 Å². The summed E-state index contributed by atoms with van der Waals surface area (Å²) in [6, 6.07) is 0.694. The summed E-state index contributed by atoms with van der Waals surface area (Å²) in [5, 5.41) is 3.62. The van der Waals surface area contributed by atoms with E-state index in [1.54, 1.807) is 0 Å². The number of rotatable bonds is 6. The van der Waals surface area contributed by atoms with Crippen LogP contribution in [0.3, 0.4) is 0 Å². The molecule has 1 nitrogen and oxygen atoms in total. The number of hydrogen-bond donors (Lipinski definition) is 1. The Morgan fingerprint density at radius 1 is 1.12 bits per heavy atom. The van der Waals surface area contributed by atoms with E-state index in [2.05, 4.69) is 39.9 Å². The van der Waals surface area contributed by atoms with Crippen molar-refractivity contribution in [3.63, 3.8) is 0 Å². The van der Waals surface area contributed by atoms with Crippen LogP contribution in [0, 0.1) is 23.7 Å². The van der Waals surface area contributed by atoms with Crippen molar-refractivity contribution in [1.82, 2.24) is 5.32 Å². The molecule has 17 heavy (non-hydrogen) atoms. The van der Waals surface area contributed by atoms with E-state index in [9.17, 15) is 0 Å². The third kappa shape index (κ3) is 4.99. The first-order chi connectivity index (χ1) is 8.04. The lowest BCUT2D eigenvalue weighted by Crippen LogP contribution is -2.32. The molecule has 0 spiro atoms. The fraction of sp³-hybridized carbons (Fsp3) is 1.00. The highest BCUT2D eigenvalue weighted by molar-refractivity contribution is 4.80. The van der Waals surface area contributed by atoms with Crippen molar-refractivity contribution in [2.45, 2.75) is 72.8 Å². The van der Waals surface area contributed by atoms with Crippen molar-refractivity contribution < 1.29 is 0 Å². The molecule has 0 aromatic heterocycles. The van der Waals surface area contributed by atoms with E-state index in [1.165, 1.54) is 38.6 Å². The minimum absolute atomic E-state index is 0.694. The van der Waals surface area contributed by atoms with E-state index in [0.717, 1.165) is 23.7 Å². The van der Waals surface area contributed by atoms with E-state index in [0.29, 0.717) is 6.04 Å². The molecule has 1 aliphatic rings. The molecule has 1 N–H and O–H groups in total. The predicted octanol–water partition coefficient (Wildman–Crippen LogP) is 4.47. The zero-order valence-corrected chi connectivity index (χ0v) is 12.6. The van der Waals surface area contributed by atoms with Crippen LogP contribution in [0.5, 0.6) is 0 Å². The summed E-state index contributed by atoms with van der Waals surface area (Å²) in [5.41, 5.74) is 0. The highest BCUT2D eigenvalue weighted by atomic mass is 14.9. The highest BCUT2D eigenvalue weighted by Crippen LogP contribution is 2.38. The maximum absolute atomic E-state index is 3.62. The largest absolute Gasteiger partial charge is 0.314 e. The lowest BCUT2D eigenvalue weighted by molar-refractivity contribution is 0.153. The molecule has 5 unspecified atom stereocenters. The zero-order chi connectivity index (χ0) is 12.8. The molecule has 0 aromatic carbocycles. The van der Waals surface area contributed by atoms with Crippen LogP contribution in [0.15, 0.2) is 0 Å². The molecule has 0 heterocycles. The molecule has 1 fully saturated rings. The van der Waals surface area contributed by atoms with E-state index in [-0.39, 0.29) is 0 Å². The molecule has 102 valence electrons. The van der Waals surface area contributed by atoms with Crippen molar-refractivity contribution in [2.24, 2.45) is 23.7 Å². The Kier molecular flexibility index (Phi) is 6.54. The standard InChI is InChI=1S/C16H33N/c1-6-9-17-15(5)10-14(4)16-8-7-12(2)13(3)11-16/h12-17H,6-11H2,1-5H3. The fourth-order valence-electron chi connectivity index (χ4n) is 3.33. The van der Waals surface area contributed by atoms with E-state index in [4.69, 9.17) is 0 Å². The Morgan fingerprint density at radius 3 is 2.41 bits per heavy atom. The van der Waals surface area contributed by atoms with Crippen LogP contribution in [-0.2, 0) is 0 Å². The lowest BCUT2D eigenvalue weighted by Gasteiger charge is -2.36. The average Bonchev–Trinajstić information content (AvgIpc) is 2.30. The third-order valence-electron chi connectivity index (χ3n) is 4.91. The molecule has 1 rings (SSSR count). The van der Waals surface area contributed by atoms with Gasteiger partial charge in [-0.05, 0) is 62.8 Å². The van der Waals surface area contributed by atoms with Gasteiger partial charge in [-0.1, -0.05) is 34.1 Å². The molecule has 0 aromatic rings. The molecule has 0 amide bonds. The Hall–Kier alpha value is -0.0400. The van der Waals surface area contributed by atoms with Crippen LogP contribution in [0.1, 0.15) is 66.7 Å². The first-order valence-electron chi connectivity index (χ1n) is 7.77. The third-order valence-corrected chi connectivity index (χ3v) is 4.91. The van der Waals surface area contributed by atoms with Crippen LogP contribution in [-0.4, -0.2) is 12.6 Å². The minimum atomic E-state index is 0.694. The summed E-state index contributed by atoms with van der Waals surface area (Å²) in [7, 11) is 0. The van der Waals surface area contributed by atoms with Crippen LogP contribution in [0.4, 0.5) is 0 Å². The zero-order valence-electron chi connectivity index (χ0n) is 12.6. The van der Waals surface area contributed by atoms with Crippen molar-refractivity contribution >= 4 is 0 Å². The number of hydrogen-bond acceptors (Lipinski definition) is 1. The van der Waals surface area contributed by atoms with Gasteiger partial charge in [-0.15, -0.1) is 0 Å². The first-order valence-corrected chi connectivity index (χ1v) is 7.77. The van der Waals surface area contributed by atoms with Gasteiger partial charge in [0.15, 0.2) is 0 Å². The maximum Gasteiger partial charge on any atom is 0.00413 e. The normalized spacial score (nSPS) is 33.4. The average molecular weight is 239 g/mol. The SMILES string of the molecule is CCCNC(C)CC(C)C1CCC(C)C(C)C1. The van der Waals surface area contributed by atoms with Gasteiger partial charge in [0.2, 0.25) is 0 Å². The summed E-state index contributed by atoms with van der Waals surface area (Å²) in [5.74, 6) is 3.76. The Labute approximate surface area is 109 Å². The Morgan fingerprint density at radius 2 is 1.82 bits per heavy atom. The Bertz CT molecular complexity index is 202. The topological polar surface area (TPSA) is 12.0 Å². The number of nitrogens with one attached hydrogen (secondary N) is 1. The summed E-state index contributed by atoms with van der Waals surface area (Å²) in [4.78, 5) is 0. The second-order valence-corrected chi connectivity index (χ2v) is 6.60. The molecular formula is C16H33N. The molecule has 0 bridgehead atoms. The van der Waals surface area contributed by atoms with E-state index in [1.807, 2.05) is 0 Å². The summed E-state index contributed by atoms with van der Waals surface area (Å²) >= 11 is 0. The summed E-state index contributed by atoms with van der Waals surface area (Å²) in [6.07, 6.45) is 6.98. The lowest BCUT2D eigenvalue weighted by atomic mass is 9.70. The van der Waals surface area contributed by atoms with Gasteiger partial charge in [0.1, 0.15) is 0 Å². The predicted molar refractivity (Wildman–Crippen MR) is 77.2 cm³/mol. The summed E-state index contributed by atoms with van der Waals surface area (Å²) in [6.45, 7) is 13.1. The van der Waals surface area contributed by atoms with E-state index >= 15 is 0 Å². The van der Waals surface area contributed by atoms with Crippen molar-refractivity contribution in [3.05, 3.63) is 0 Å². The highest BCUT2D eigenvalue weighted by Gasteiger charge is 2.28. The van der Waals surface area contributed by atoms with Crippen molar-refractivity contribution in [2.75, 3.05) is 6.54 Å². The monoisotopic (exact) mass is 239 g/mol. The van der Waals surface area contributed by atoms with Gasteiger partial charge in [-0.2, -0.15) is 0 Å². The van der Waals surface area contributed by atoms with Gasteiger partial charge in [0.05, 0.1) is 0 Å². The first kappa shape index (κ1) is 15.0. The molecule has 0 radical (unpaired) electrons. The Balaban J connectivity index is 2.29. The second-order valence-electron chi connectivity index (χ2n) is 6.60. The van der Waals surface area contributed by atoms with Crippen LogP contribution >= 0.6 is 0 Å². The molecular weight excluding hydrogens is 206 g/mol. The van der Waals surface area contributed by atoms with Gasteiger partial charge in [-0.3, -0.25) is 0 Å². The van der Waals surface area contributed by atoms with E-state index < -0.39 is 0 Å². The summed E-state index contributed by atoms with van der Waals surface area (Å²) < 4.78 is 0. The molecule has 1 aliphatic carbocycles. The van der Waals surface area contributed by atoms with Gasteiger partial charge in [0, 0.05) is 6.04 Å². The van der Waals surface area contributed by atoms with Crippen molar-refractivity contribution in [3.8, 4) is 0 Å². The van der Waals surface area contributed by atoms with Crippen LogP contribution in [0.25, 0.3) is 0 Å². The van der Waals surface area contributed by atoms with Crippen LogP contribution in [0.2, 0.25) is 0 Å². The van der Waals surface area contributed by atoms with Crippen LogP contribution < -0.4 is 5.32 Å². The smallest absolute Gasteiger partial charge is 0.00413 e. The molecule has 0 saturated heterocycles. The van der Waals surface area contributed by atoms with Gasteiger partial charge < -0.3 is 5.32 Å². The van der Waals surface area contributed by atoms with Gasteiger partial charge in [0.25, 0.3) is 0 Å². The van der Waals surface area contributed by atoms with Crippen molar-refractivity contribution in [1.29, 1.82) is 0 Å². The molecule has 0 aliphatic heterocycles. The molecule has 1 saturated carbocycles. The molecule has 1 heteroatoms. The second kappa shape index (κ2) is 7.41.